The van der Waals surface area contributed by atoms with Gasteiger partial charge in [-0.05, 0) is 37.0 Å². The summed E-state index contributed by atoms with van der Waals surface area (Å²) < 4.78 is 26.4. The molecule has 1 aliphatic heterocycles. The summed E-state index contributed by atoms with van der Waals surface area (Å²) in [7, 11) is 0. The predicted molar refractivity (Wildman–Crippen MR) is 152 cm³/mol. The molecule has 41 heavy (non-hydrogen) atoms. The van der Waals surface area contributed by atoms with E-state index in [2.05, 4.69) is 36.0 Å². The van der Waals surface area contributed by atoms with Gasteiger partial charge in [-0.3, -0.25) is 9.59 Å². The molecule has 2 amide bonds. The zero-order valence-electron chi connectivity index (χ0n) is 21.8. The van der Waals surface area contributed by atoms with Crippen molar-refractivity contribution in [1.82, 2.24) is 25.4 Å². The molecule has 2 atom stereocenters. The second-order valence-corrected chi connectivity index (χ2v) is 12.3. The molecule has 6 rings (SSSR count). The smallest absolute Gasteiger partial charge is 0.282 e. The van der Waals surface area contributed by atoms with Crippen LogP contribution < -0.4 is 15.5 Å². The summed E-state index contributed by atoms with van der Waals surface area (Å²) >= 11 is 2.74. The minimum atomic E-state index is -2.69. The molecule has 2 fully saturated rings. The van der Waals surface area contributed by atoms with Gasteiger partial charge in [0.1, 0.15) is 15.8 Å². The van der Waals surface area contributed by atoms with E-state index in [4.69, 9.17) is 0 Å². The number of pyridine rings is 1. The zero-order chi connectivity index (χ0) is 28.4. The number of hydrogen-bond acceptors (Lipinski definition) is 10. The molecule has 1 aromatic carbocycles. The first kappa shape index (κ1) is 27.3. The van der Waals surface area contributed by atoms with Crippen molar-refractivity contribution in [2.45, 2.75) is 49.9 Å². The van der Waals surface area contributed by atoms with Crippen LogP contribution >= 0.6 is 22.7 Å². The molecule has 0 radical (unpaired) electrons. The third-order valence-corrected chi connectivity index (χ3v) is 9.02. The molecule has 4 heterocycles. The molecular formula is C27H26F2N8O2S2. The highest BCUT2D eigenvalue weighted by atomic mass is 32.1. The number of alkyl halides is 2. The summed E-state index contributed by atoms with van der Waals surface area (Å²) in [4.78, 5) is 30.8. The van der Waals surface area contributed by atoms with Gasteiger partial charge in [-0.15, -0.1) is 20.4 Å². The first-order chi connectivity index (χ1) is 19.8. The van der Waals surface area contributed by atoms with E-state index >= 15 is 0 Å². The van der Waals surface area contributed by atoms with Crippen LogP contribution in [-0.4, -0.2) is 56.2 Å². The van der Waals surface area contributed by atoms with Gasteiger partial charge in [-0.2, -0.15) is 0 Å². The lowest BCUT2D eigenvalue weighted by molar-refractivity contribution is -0.116. The quantitative estimate of drug-likeness (QED) is 0.286. The Kier molecular flexibility index (Phi) is 7.67. The Morgan fingerprint density at radius 2 is 1.44 bits per heavy atom. The molecule has 212 valence electrons. The maximum Gasteiger partial charge on any atom is 0.282 e. The summed E-state index contributed by atoms with van der Waals surface area (Å²) in [5.74, 6) is -2.28. The lowest BCUT2D eigenvalue weighted by Gasteiger charge is -2.39. The van der Waals surface area contributed by atoms with Crippen molar-refractivity contribution in [1.29, 1.82) is 0 Å². The van der Waals surface area contributed by atoms with Gasteiger partial charge < -0.3 is 15.5 Å². The Balaban J connectivity index is 0.991. The maximum absolute atomic E-state index is 13.2. The van der Waals surface area contributed by atoms with Gasteiger partial charge in [-0.1, -0.05) is 59.1 Å². The highest BCUT2D eigenvalue weighted by Gasteiger charge is 2.44. The lowest BCUT2D eigenvalue weighted by atomic mass is 10.1. The van der Waals surface area contributed by atoms with Crippen molar-refractivity contribution in [3.63, 3.8) is 0 Å². The van der Waals surface area contributed by atoms with Crippen LogP contribution in [0.25, 0.3) is 0 Å². The number of hydrogen-bond donors (Lipinski definition) is 2. The average Bonchev–Trinajstić information content (AvgIpc) is 3.69. The third-order valence-electron chi connectivity index (χ3n) is 7.01. The number of aromatic nitrogens is 5. The lowest BCUT2D eigenvalue weighted by Crippen LogP contribution is -2.56. The van der Waals surface area contributed by atoms with Crippen molar-refractivity contribution < 1.29 is 18.4 Å². The number of rotatable bonds is 9. The normalized spacial score (nSPS) is 19.5. The Morgan fingerprint density at radius 3 is 2.05 bits per heavy atom. The Labute approximate surface area is 242 Å². The standard InChI is InChI=1S/C27H26F2N8O2S2/c28-27(29)14-37(15-27)20-8-4-7-19(30-20)13-22(39)32-26-36-34-24(41-26)18-10-9-17(12-18)23-33-35-25(40-23)31-21(38)11-16-5-2-1-3-6-16/h1-8,17-18H,9-15H2,(H,31,35,38)(H,32,36,39)/t17-,18-/m0/s1. The molecule has 0 bridgehead atoms. The predicted octanol–water partition coefficient (Wildman–Crippen LogP) is 4.65. The Bertz CT molecular complexity index is 1540. The molecule has 2 aliphatic rings. The molecule has 4 aromatic rings. The number of anilines is 3. The second-order valence-electron chi connectivity index (χ2n) is 10.2. The fourth-order valence-electron chi connectivity index (χ4n) is 5.02. The van der Waals surface area contributed by atoms with Crippen molar-refractivity contribution in [3.8, 4) is 0 Å². The van der Waals surface area contributed by atoms with E-state index < -0.39 is 5.92 Å². The first-order valence-electron chi connectivity index (χ1n) is 13.2. The van der Waals surface area contributed by atoms with Gasteiger partial charge in [0.05, 0.1) is 31.6 Å². The van der Waals surface area contributed by atoms with Crippen LogP contribution in [-0.2, 0) is 22.4 Å². The molecule has 0 unspecified atom stereocenters. The monoisotopic (exact) mass is 596 g/mol. The topological polar surface area (TPSA) is 126 Å². The SMILES string of the molecule is O=C(Cc1ccccc1)Nc1nnc([C@H]2CC[C@H](c3nnc(NC(=O)Cc4cccc(N5CC(F)(F)C5)n4)s3)C2)s1. The maximum atomic E-state index is 13.2. The van der Waals surface area contributed by atoms with E-state index in [0.717, 1.165) is 34.8 Å². The van der Waals surface area contributed by atoms with Crippen molar-refractivity contribution in [3.05, 3.63) is 69.8 Å². The molecule has 2 N–H and O–H groups in total. The minimum absolute atomic E-state index is 0.000242. The van der Waals surface area contributed by atoms with Crippen molar-refractivity contribution in [2.75, 3.05) is 28.6 Å². The van der Waals surface area contributed by atoms with Gasteiger partial charge in [0.15, 0.2) is 0 Å². The number of nitrogens with zero attached hydrogens (tertiary/aromatic N) is 6. The number of halogens is 2. The van der Waals surface area contributed by atoms with E-state index in [-0.39, 0.29) is 49.6 Å². The summed E-state index contributed by atoms with van der Waals surface area (Å²) in [6.45, 7) is -0.729. The number of amides is 2. The molecule has 1 saturated heterocycles. The highest BCUT2D eigenvalue weighted by molar-refractivity contribution is 7.15. The van der Waals surface area contributed by atoms with Gasteiger partial charge >= 0.3 is 0 Å². The van der Waals surface area contributed by atoms with E-state index in [1.165, 1.54) is 27.6 Å². The van der Waals surface area contributed by atoms with Gasteiger partial charge in [-0.25, -0.2) is 13.8 Å². The molecule has 10 nitrogen and oxygen atoms in total. The van der Waals surface area contributed by atoms with E-state index in [1.54, 1.807) is 18.2 Å². The van der Waals surface area contributed by atoms with Crippen LogP contribution in [0.4, 0.5) is 24.9 Å². The zero-order valence-corrected chi connectivity index (χ0v) is 23.4. The van der Waals surface area contributed by atoms with Crippen LogP contribution in [0.15, 0.2) is 48.5 Å². The molecule has 0 spiro atoms. The molecule has 3 aromatic heterocycles. The van der Waals surface area contributed by atoms with Gasteiger partial charge in [0, 0.05) is 11.8 Å². The number of carbonyl (C=O) groups is 2. The second kappa shape index (κ2) is 11.5. The van der Waals surface area contributed by atoms with Crippen molar-refractivity contribution in [2.24, 2.45) is 0 Å². The van der Waals surface area contributed by atoms with Crippen molar-refractivity contribution >= 4 is 50.6 Å². The Hall–Kier alpha value is -3.91. The van der Waals surface area contributed by atoms with E-state index in [0.29, 0.717) is 21.8 Å². The van der Waals surface area contributed by atoms with Crippen LogP contribution in [0.1, 0.15) is 52.4 Å². The van der Waals surface area contributed by atoms with Crippen LogP contribution in [0.5, 0.6) is 0 Å². The van der Waals surface area contributed by atoms with Crippen LogP contribution in [0, 0.1) is 0 Å². The Morgan fingerprint density at radius 1 is 0.829 bits per heavy atom. The number of nitrogens with one attached hydrogen (secondary N) is 2. The number of carbonyl (C=O) groups excluding carboxylic acids is 2. The van der Waals surface area contributed by atoms with Crippen LogP contribution in [0.2, 0.25) is 0 Å². The summed E-state index contributed by atoms with van der Waals surface area (Å²) in [5.41, 5.74) is 1.43. The van der Waals surface area contributed by atoms with Gasteiger partial charge in [0.2, 0.25) is 22.1 Å². The van der Waals surface area contributed by atoms with E-state index in [1.807, 2.05) is 30.3 Å². The third kappa shape index (κ3) is 6.70. The summed E-state index contributed by atoms with van der Waals surface area (Å²) in [6, 6.07) is 14.6. The summed E-state index contributed by atoms with van der Waals surface area (Å²) in [5, 5.41) is 25.2. The number of benzene rings is 1. The summed E-state index contributed by atoms with van der Waals surface area (Å²) in [6.07, 6.45) is 2.94. The first-order valence-corrected chi connectivity index (χ1v) is 14.8. The fourth-order valence-corrected chi connectivity index (χ4v) is 6.83. The highest BCUT2D eigenvalue weighted by Crippen LogP contribution is 2.45. The van der Waals surface area contributed by atoms with Crippen LogP contribution in [0.3, 0.4) is 0 Å². The van der Waals surface area contributed by atoms with Gasteiger partial charge in [0.25, 0.3) is 5.92 Å². The average molecular weight is 597 g/mol. The fraction of sp³-hybridized carbons (Fsp3) is 0.370. The molecule has 1 saturated carbocycles. The molecular weight excluding hydrogens is 570 g/mol. The molecule has 14 heteroatoms. The van der Waals surface area contributed by atoms with E-state index in [9.17, 15) is 18.4 Å². The molecule has 1 aliphatic carbocycles. The largest absolute Gasteiger partial charge is 0.344 e. The minimum Gasteiger partial charge on any atom is -0.344 e.